The molecule has 12 nitrogen and oxygen atoms in total. The maximum Gasteiger partial charge on any atom is 0.284 e. The first-order valence-corrected chi connectivity index (χ1v) is 15.6. The van der Waals surface area contributed by atoms with Gasteiger partial charge in [-0.15, -0.1) is 22.7 Å². The fourth-order valence-electron chi connectivity index (χ4n) is 4.76. The topological polar surface area (TPSA) is 160 Å². The summed E-state index contributed by atoms with van der Waals surface area (Å²) in [6.45, 7) is 3.97. The number of nitrogens with zero attached hydrogens (tertiary/aromatic N) is 5. The molecular weight excluding hydrogens is 605 g/mol. The summed E-state index contributed by atoms with van der Waals surface area (Å²) >= 11 is 2.15. The lowest BCUT2D eigenvalue weighted by Crippen LogP contribution is -2.27. The Bertz CT molecular complexity index is 1700. The van der Waals surface area contributed by atoms with Gasteiger partial charge in [-0.25, -0.2) is 9.97 Å². The third-order valence-electron chi connectivity index (χ3n) is 7.02. The van der Waals surface area contributed by atoms with Gasteiger partial charge in [-0.2, -0.15) is 0 Å². The molecule has 2 aromatic heterocycles. The molecule has 5 rings (SSSR count). The molecule has 2 aliphatic rings. The molecule has 3 aromatic rings. The van der Waals surface area contributed by atoms with E-state index in [1.165, 1.54) is 11.3 Å². The van der Waals surface area contributed by atoms with Gasteiger partial charge in [0, 0.05) is 18.8 Å². The van der Waals surface area contributed by atoms with Crippen LogP contribution in [0.15, 0.2) is 34.3 Å². The Balaban J connectivity index is 1.08. The van der Waals surface area contributed by atoms with Crippen molar-refractivity contribution in [3.05, 3.63) is 55.4 Å². The second-order valence-corrected chi connectivity index (χ2v) is 12.5. The summed E-state index contributed by atoms with van der Waals surface area (Å²) in [4.78, 5) is 83.3. The van der Waals surface area contributed by atoms with Crippen LogP contribution in [0.3, 0.4) is 0 Å². The van der Waals surface area contributed by atoms with E-state index in [-0.39, 0.29) is 62.9 Å². The number of carbonyl (C=O) groups is 5. The van der Waals surface area contributed by atoms with Crippen LogP contribution in [-0.4, -0.2) is 95.7 Å². The largest absolute Gasteiger partial charge is 0.497 e. The maximum absolute atomic E-state index is 13.0. The third-order valence-corrected chi connectivity index (χ3v) is 9.13. The first-order chi connectivity index (χ1) is 21.1. The summed E-state index contributed by atoms with van der Waals surface area (Å²) in [5.41, 5.74) is 1.15. The number of hydrogen-bond acceptors (Lipinski definition) is 13. The SMILES string of the molecule is COc1ccc(NC(=O)c2nc3c(s2)C(=O)CC(=NCCCN(C)CCCN=C2CC(=O)c4sc(C)nc4C2=O)C3=O)cc1. The number of ketones is 4. The van der Waals surface area contributed by atoms with Gasteiger partial charge >= 0.3 is 0 Å². The number of carbonyl (C=O) groups excluding carboxylic acids is 5. The van der Waals surface area contributed by atoms with Gasteiger partial charge in [0.05, 0.1) is 36.4 Å². The Morgan fingerprint density at radius 1 is 0.886 bits per heavy atom. The Labute approximate surface area is 261 Å². The summed E-state index contributed by atoms with van der Waals surface area (Å²) in [7, 11) is 3.50. The van der Waals surface area contributed by atoms with Gasteiger partial charge in [0.25, 0.3) is 5.91 Å². The molecule has 1 N–H and O–H groups in total. The lowest BCUT2D eigenvalue weighted by Gasteiger charge is -2.16. The molecule has 0 radical (unpaired) electrons. The number of aromatic nitrogens is 2. The molecule has 2 heterocycles. The quantitative estimate of drug-likeness (QED) is 0.308. The number of nitrogens with one attached hydrogen (secondary N) is 1. The van der Waals surface area contributed by atoms with Crippen molar-refractivity contribution in [2.45, 2.75) is 32.6 Å². The first kappa shape index (κ1) is 31.2. The standard InChI is InChI=1S/C30H30N6O6S2/c1-16-33-23-25(39)19(14-21(37)27(23)43-16)31-10-4-12-36(2)13-5-11-32-20-15-22(38)28-24(26(20)40)35-30(44-28)29(41)34-17-6-8-18(42-3)9-7-17/h6-9H,4-5,10-15H2,1-3H3,(H,34,41). The number of Topliss-reactive ketones (excluding diaryl/α,β-unsaturated/α-hetero) is 4. The van der Waals surface area contributed by atoms with Crippen LogP contribution in [0.5, 0.6) is 5.75 Å². The third kappa shape index (κ3) is 6.93. The number of hydrogen-bond donors (Lipinski definition) is 1. The zero-order chi connectivity index (χ0) is 31.4. The Morgan fingerprint density at radius 2 is 1.43 bits per heavy atom. The van der Waals surface area contributed by atoms with Gasteiger partial charge in [-0.1, -0.05) is 0 Å². The zero-order valence-corrected chi connectivity index (χ0v) is 26.1. The monoisotopic (exact) mass is 634 g/mol. The van der Waals surface area contributed by atoms with Crippen molar-refractivity contribution in [2.24, 2.45) is 9.98 Å². The second-order valence-electron chi connectivity index (χ2n) is 10.3. The van der Waals surface area contributed by atoms with Crippen LogP contribution in [0.4, 0.5) is 5.69 Å². The Hall–Kier alpha value is -4.27. The van der Waals surface area contributed by atoms with E-state index < -0.39 is 11.7 Å². The summed E-state index contributed by atoms with van der Waals surface area (Å²) in [6, 6.07) is 6.76. The number of anilines is 1. The Morgan fingerprint density at radius 3 is 2.00 bits per heavy atom. The maximum atomic E-state index is 13.0. The second kappa shape index (κ2) is 13.6. The van der Waals surface area contributed by atoms with E-state index in [0.717, 1.165) is 17.9 Å². The molecule has 2 aliphatic carbocycles. The minimum absolute atomic E-state index is 0.0193. The number of thiazole rings is 2. The molecule has 0 fully saturated rings. The van der Waals surface area contributed by atoms with Crippen molar-refractivity contribution in [1.29, 1.82) is 0 Å². The smallest absolute Gasteiger partial charge is 0.284 e. The average molecular weight is 635 g/mol. The van der Waals surface area contributed by atoms with Crippen molar-refractivity contribution in [1.82, 2.24) is 14.9 Å². The van der Waals surface area contributed by atoms with Gasteiger partial charge in [-0.05, 0) is 64.2 Å². The summed E-state index contributed by atoms with van der Waals surface area (Å²) in [6.07, 6.45) is 1.26. The molecule has 1 amide bonds. The van der Waals surface area contributed by atoms with Crippen LogP contribution in [0.1, 0.15) is 80.8 Å². The van der Waals surface area contributed by atoms with Crippen LogP contribution < -0.4 is 10.1 Å². The molecule has 0 aliphatic heterocycles. The normalized spacial score (nSPS) is 16.5. The highest BCUT2D eigenvalue weighted by atomic mass is 32.1. The molecule has 0 spiro atoms. The molecule has 0 saturated heterocycles. The fourth-order valence-corrected chi connectivity index (χ4v) is 6.51. The predicted octanol–water partition coefficient (Wildman–Crippen LogP) is 4.00. The highest BCUT2D eigenvalue weighted by molar-refractivity contribution is 7.16. The predicted molar refractivity (Wildman–Crippen MR) is 168 cm³/mol. The number of aliphatic imine (C=N–C) groups is 2. The molecule has 0 bridgehead atoms. The van der Waals surface area contributed by atoms with E-state index in [4.69, 9.17) is 4.74 Å². The van der Waals surface area contributed by atoms with Crippen molar-refractivity contribution in [3.8, 4) is 5.75 Å². The molecule has 14 heteroatoms. The summed E-state index contributed by atoms with van der Waals surface area (Å²) in [5.74, 6) is -0.940. The lowest BCUT2D eigenvalue weighted by atomic mass is 9.98. The average Bonchev–Trinajstić information content (AvgIpc) is 3.64. The van der Waals surface area contributed by atoms with Crippen LogP contribution in [0.25, 0.3) is 0 Å². The fraction of sp³-hybridized carbons (Fsp3) is 0.367. The first-order valence-electron chi connectivity index (χ1n) is 14.0. The van der Waals surface area contributed by atoms with Crippen LogP contribution in [0, 0.1) is 6.92 Å². The van der Waals surface area contributed by atoms with Crippen LogP contribution in [0.2, 0.25) is 0 Å². The van der Waals surface area contributed by atoms with Gasteiger partial charge in [0.15, 0.2) is 16.6 Å². The Kier molecular flexibility index (Phi) is 9.61. The van der Waals surface area contributed by atoms with Gasteiger partial charge in [0.2, 0.25) is 11.6 Å². The summed E-state index contributed by atoms with van der Waals surface area (Å²) in [5, 5.41) is 3.44. The number of amides is 1. The van der Waals surface area contributed by atoms with E-state index >= 15 is 0 Å². The van der Waals surface area contributed by atoms with Gasteiger partial charge in [-0.3, -0.25) is 34.0 Å². The zero-order valence-electron chi connectivity index (χ0n) is 24.5. The minimum Gasteiger partial charge on any atom is -0.497 e. The number of fused-ring (bicyclic) bond motifs is 2. The molecule has 0 atom stereocenters. The highest BCUT2D eigenvalue weighted by Gasteiger charge is 2.35. The van der Waals surface area contributed by atoms with Gasteiger partial charge in [0.1, 0.15) is 26.9 Å². The van der Waals surface area contributed by atoms with Crippen LogP contribution >= 0.6 is 22.7 Å². The number of aryl methyl sites for hydroxylation is 1. The molecule has 0 unspecified atom stereocenters. The molecule has 228 valence electrons. The van der Waals surface area contributed by atoms with E-state index in [1.54, 1.807) is 38.3 Å². The van der Waals surface area contributed by atoms with E-state index in [1.807, 2.05) is 7.05 Å². The van der Waals surface area contributed by atoms with Crippen molar-refractivity contribution >= 4 is 68.8 Å². The summed E-state index contributed by atoms with van der Waals surface area (Å²) < 4.78 is 5.11. The van der Waals surface area contributed by atoms with Crippen molar-refractivity contribution < 1.29 is 28.7 Å². The molecule has 0 saturated carbocycles. The number of benzene rings is 1. The molecular formula is C30H30N6O6S2. The van der Waals surface area contributed by atoms with Gasteiger partial charge < -0.3 is 15.0 Å². The van der Waals surface area contributed by atoms with E-state index in [0.29, 0.717) is 53.8 Å². The van der Waals surface area contributed by atoms with Crippen molar-refractivity contribution in [3.63, 3.8) is 0 Å². The van der Waals surface area contributed by atoms with Crippen molar-refractivity contribution in [2.75, 3.05) is 45.7 Å². The molecule has 44 heavy (non-hydrogen) atoms. The number of methoxy groups -OCH3 is 1. The highest BCUT2D eigenvalue weighted by Crippen LogP contribution is 2.28. The lowest BCUT2D eigenvalue weighted by molar-refractivity contribution is 0.0965. The number of ether oxygens (including phenoxy) is 1. The van der Waals surface area contributed by atoms with Crippen LogP contribution in [-0.2, 0) is 0 Å². The van der Waals surface area contributed by atoms with E-state index in [2.05, 4.69) is 30.2 Å². The molecule has 1 aromatic carbocycles. The minimum atomic E-state index is -0.509. The number of rotatable bonds is 11. The van der Waals surface area contributed by atoms with E-state index in [9.17, 15) is 24.0 Å².